The lowest BCUT2D eigenvalue weighted by Crippen LogP contribution is -2.17. The summed E-state index contributed by atoms with van der Waals surface area (Å²) in [5.41, 5.74) is 3.14. The lowest BCUT2D eigenvalue weighted by Gasteiger charge is -2.18. The lowest BCUT2D eigenvalue weighted by molar-refractivity contribution is 0.0695. The van der Waals surface area contributed by atoms with Crippen LogP contribution in [0, 0.1) is 0 Å². The topological polar surface area (TPSA) is 58.4 Å². The highest BCUT2D eigenvalue weighted by Crippen LogP contribution is 2.23. The molecule has 1 aliphatic rings. The average molecular weight is 285 g/mol. The van der Waals surface area contributed by atoms with Gasteiger partial charge in [-0.2, -0.15) is 5.10 Å². The maximum atomic E-state index is 11.2. The Morgan fingerprint density at radius 2 is 1.81 bits per heavy atom. The minimum absolute atomic E-state index is 0.279. The predicted molar refractivity (Wildman–Crippen MR) is 81.3 cm³/mol. The number of carbonyl (C=O) groups is 1. The third-order valence-corrected chi connectivity index (χ3v) is 4.00. The van der Waals surface area contributed by atoms with E-state index in [1.165, 1.54) is 24.7 Å². The van der Waals surface area contributed by atoms with Gasteiger partial charge in [-0.3, -0.25) is 0 Å². The van der Waals surface area contributed by atoms with Gasteiger partial charge in [-0.15, -0.1) is 0 Å². The number of benzene rings is 1. The van der Waals surface area contributed by atoms with Crippen molar-refractivity contribution in [3.63, 3.8) is 0 Å². The fourth-order valence-corrected chi connectivity index (χ4v) is 2.90. The molecular weight excluding hydrogens is 266 g/mol. The van der Waals surface area contributed by atoms with Gasteiger partial charge in [0.05, 0.1) is 17.6 Å². The van der Waals surface area contributed by atoms with Crippen molar-refractivity contribution in [2.75, 3.05) is 18.0 Å². The van der Waals surface area contributed by atoms with Crippen LogP contribution in [0.15, 0.2) is 30.5 Å². The molecule has 0 spiro atoms. The van der Waals surface area contributed by atoms with Crippen molar-refractivity contribution < 1.29 is 9.90 Å². The summed E-state index contributed by atoms with van der Waals surface area (Å²) in [6, 6.07) is 8.18. The van der Waals surface area contributed by atoms with Gasteiger partial charge in [-0.05, 0) is 43.5 Å². The van der Waals surface area contributed by atoms with E-state index in [2.05, 4.69) is 22.1 Å². The molecule has 110 valence electrons. The van der Waals surface area contributed by atoms with E-state index in [4.69, 9.17) is 0 Å². The molecule has 1 fully saturated rings. The Morgan fingerprint density at radius 3 is 2.38 bits per heavy atom. The highest BCUT2D eigenvalue weighted by molar-refractivity contribution is 5.88. The molecule has 1 saturated heterocycles. The second kappa shape index (κ2) is 5.60. The third kappa shape index (κ3) is 2.51. The van der Waals surface area contributed by atoms with Crippen molar-refractivity contribution in [3.8, 4) is 5.69 Å². The highest BCUT2D eigenvalue weighted by atomic mass is 16.4. The lowest BCUT2D eigenvalue weighted by atomic mass is 10.2. The second-order valence-corrected chi connectivity index (χ2v) is 5.29. The van der Waals surface area contributed by atoms with Crippen molar-refractivity contribution in [2.45, 2.75) is 26.2 Å². The summed E-state index contributed by atoms with van der Waals surface area (Å²) >= 11 is 0. The Hall–Kier alpha value is -2.30. The number of nitrogens with zero attached hydrogens (tertiary/aromatic N) is 3. The first-order chi connectivity index (χ1) is 10.2. The van der Waals surface area contributed by atoms with Gasteiger partial charge in [0.1, 0.15) is 5.56 Å². The van der Waals surface area contributed by atoms with Crippen molar-refractivity contribution in [3.05, 3.63) is 41.7 Å². The molecule has 1 N–H and O–H groups in total. The van der Waals surface area contributed by atoms with E-state index in [9.17, 15) is 9.90 Å². The zero-order valence-electron chi connectivity index (χ0n) is 12.1. The minimum atomic E-state index is -0.924. The van der Waals surface area contributed by atoms with Crippen molar-refractivity contribution in [1.29, 1.82) is 0 Å². The summed E-state index contributed by atoms with van der Waals surface area (Å²) in [6.45, 7) is 4.17. The quantitative estimate of drug-likeness (QED) is 0.938. The zero-order chi connectivity index (χ0) is 14.8. The van der Waals surface area contributed by atoms with Gasteiger partial charge in [0.2, 0.25) is 0 Å². The summed E-state index contributed by atoms with van der Waals surface area (Å²) in [6.07, 6.45) is 4.57. The fraction of sp³-hybridized carbons (Fsp3) is 0.375. The monoisotopic (exact) mass is 285 g/mol. The molecular formula is C16H19N3O2. The highest BCUT2D eigenvalue weighted by Gasteiger charge is 2.17. The molecule has 0 aliphatic carbocycles. The number of rotatable bonds is 4. The van der Waals surface area contributed by atoms with Crippen molar-refractivity contribution in [1.82, 2.24) is 9.78 Å². The molecule has 5 nitrogen and oxygen atoms in total. The summed E-state index contributed by atoms with van der Waals surface area (Å²) < 4.78 is 1.72. The van der Waals surface area contributed by atoms with Crippen LogP contribution in [0.25, 0.3) is 5.69 Å². The molecule has 1 aromatic carbocycles. The van der Waals surface area contributed by atoms with Gasteiger partial charge in [0.25, 0.3) is 0 Å². The Kier molecular flexibility index (Phi) is 3.64. The molecule has 0 saturated carbocycles. The van der Waals surface area contributed by atoms with E-state index in [0.29, 0.717) is 6.42 Å². The van der Waals surface area contributed by atoms with Crippen LogP contribution in [0.4, 0.5) is 5.69 Å². The molecule has 0 atom stereocenters. The van der Waals surface area contributed by atoms with E-state index in [1.807, 2.05) is 19.1 Å². The van der Waals surface area contributed by atoms with Crippen LogP contribution in [0.5, 0.6) is 0 Å². The van der Waals surface area contributed by atoms with Crippen LogP contribution in [0.2, 0.25) is 0 Å². The number of carboxylic acids is 1. The van der Waals surface area contributed by atoms with Gasteiger partial charge in [-0.1, -0.05) is 6.92 Å². The molecule has 0 bridgehead atoms. The number of carboxylic acid groups (broad SMARTS) is 1. The Bertz CT molecular complexity index is 640. The summed E-state index contributed by atoms with van der Waals surface area (Å²) in [4.78, 5) is 13.6. The van der Waals surface area contributed by atoms with Crippen LogP contribution in [0.3, 0.4) is 0 Å². The molecule has 21 heavy (non-hydrogen) atoms. The van der Waals surface area contributed by atoms with E-state index in [0.717, 1.165) is 24.5 Å². The Balaban J connectivity index is 1.92. The molecule has 1 aromatic heterocycles. The Labute approximate surface area is 123 Å². The standard InChI is InChI=1S/C16H19N3O2/c1-2-15-14(16(20)21)11-17-19(15)13-7-5-12(6-8-13)18-9-3-4-10-18/h5-8,11H,2-4,9-10H2,1H3,(H,20,21). The van der Waals surface area contributed by atoms with Gasteiger partial charge >= 0.3 is 5.97 Å². The zero-order valence-corrected chi connectivity index (χ0v) is 12.1. The van der Waals surface area contributed by atoms with Gasteiger partial charge < -0.3 is 10.0 Å². The SMILES string of the molecule is CCc1c(C(=O)O)cnn1-c1ccc(N2CCCC2)cc1. The maximum Gasteiger partial charge on any atom is 0.339 e. The van der Waals surface area contributed by atoms with Gasteiger partial charge in [0, 0.05) is 18.8 Å². The van der Waals surface area contributed by atoms with E-state index < -0.39 is 5.97 Å². The minimum Gasteiger partial charge on any atom is -0.478 e. The number of hydrogen-bond donors (Lipinski definition) is 1. The van der Waals surface area contributed by atoms with Crippen LogP contribution >= 0.6 is 0 Å². The maximum absolute atomic E-state index is 11.2. The molecule has 0 radical (unpaired) electrons. The molecule has 0 amide bonds. The summed E-state index contributed by atoms with van der Waals surface area (Å²) in [5, 5.41) is 13.4. The molecule has 2 heterocycles. The first-order valence-electron chi connectivity index (χ1n) is 7.36. The van der Waals surface area contributed by atoms with Crippen LogP contribution < -0.4 is 4.90 Å². The predicted octanol–water partition coefficient (Wildman–Crippen LogP) is 2.73. The Morgan fingerprint density at radius 1 is 1.19 bits per heavy atom. The smallest absolute Gasteiger partial charge is 0.339 e. The molecule has 2 aromatic rings. The number of aromatic carboxylic acids is 1. The summed E-state index contributed by atoms with van der Waals surface area (Å²) in [7, 11) is 0. The largest absolute Gasteiger partial charge is 0.478 e. The van der Waals surface area contributed by atoms with E-state index >= 15 is 0 Å². The fourth-order valence-electron chi connectivity index (χ4n) is 2.90. The molecule has 5 heteroatoms. The molecule has 0 unspecified atom stereocenters. The third-order valence-electron chi connectivity index (χ3n) is 4.00. The average Bonchev–Trinajstić information content (AvgIpc) is 3.16. The normalized spacial score (nSPS) is 14.6. The van der Waals surface area contributed by atoms with Crippen molar-refractivity contribution in [2.24, 2.45) is 0 Å². The number of hydrogen-bond acceptors (Lipinski definition) is 3. The van der Waals surface area contributed by atoms with Gasteiger partial charge in [0.15, 0.2) is 0 Å². The molecule has 1 aliphatic heterocycles. The first kappa shape index (κ1) is 13.7. The van der Waals surface area contributed by atoms with E-state index in [1.54, 1.807) is 4.68 Å². The second-order valence-electron chi connectivity index (χ2n) is 5.29. The van der Waals surface area contributed by atoms with Gasteiger partial charge in [-0.25, -0.2) is 9.48 Å². The van der Waals surface area contributed by atoms with Crippen LogP contribution in [-0.4, -0.2) is 33.9 Å². The van der Waals surface area contributed by atoms with Crippen molar-refractivity contribution >= 4 is 11.7 Å². The number of aromatic nitrogens is 2. The summed E-state index contributed by atoms with van der Waals surface area (Å²) in [5.74, 6) is -0.924. The molecule has 3 rings (SSSR count). The van der Waals surface area contributed by atoms with E-state index in [-0.39, 0.29) is 5.56 Å². The first-order valence-corrected chi connectivity index (χ1v) is 7.36. The van der Waals surface area contributed by atoms with Crippen LogP contribution in [0.1, 0.15) is 35.8 Å². The number of anilines is 1. The van der Waals surface area contributed by atoms with Crippen LogP contribution in [-0.2, 0) is 6.42 Å².